The Morgan fingerprint density at radius 3 is 2.48 bits per heavy atom. The van der Waals surface area contributed by atoms with Crippen molar-refractivity contribution in [2.45, 2.75) is 33.4 Å². The van der Waals surface area contributed by atoms with Gasteiger partial charge < -0.3 is 24.8 Å². The van der Waals surface area contributed by atoms with Crippen LogP contribution in [0.2, 0.25) is 0 Å². The molecule has 29 heavy (non-hydrogen) atoms. The van der Waals surface area contributed by atoms with Gasteiger partial charge in [0.25, 0.3) is 0 Å². The van der Waals surface area contributed by atoms with Crippen molar-refractivity contribution in [3.05, 3.63) is 23.8 Å². The molecule has 2 rings (SSSR count). The summed E-state index contributed by atoms with van der Waals surface area (Å²) in [6.07, 6.45) is 0. The lowest BCUT2D eigenvalue weighted by Crippen LogP contribution is -2.52. The Hall–Kier alpha value is -1.26. The fraction of sp³-hybridized carbons (Fsp3) is 0.667. The molecule has 1 aromatic rings. The van der Waals surface area contributed by atoms with Crippen LogP contribution >= 0.6 is 24.0 Å². The first-order valence-corrected chi connectivity index (χ1v) is 10.1. The summed E-state index contributed by atoms with van der Waals surface area (Å²) in [6, 6.07) is 6.31. The summed E-state index contributed by atoms with van der Waals surface area (Å²) in [5.41, 5.74) is 0.993. The molecule has 8 heteroatoms. The van der Waals surface area contributed by atoms with E-state index < -0.39 is 0 Å². The number of ether oxygens (including phenoxy) is 3. The molecule has 1 aromatic carbocycles. The van der Waals surface area contributed by atoms with Crippen LogP contribution in [0.25, 0.3) is 0 Å². The van der Waals surface area contributed by atoms with Crippen molar-refractivity contribution in [1.29, 1.82) is 0 Å². The van der Waals surface area contributed by atoms with Gasteiger partial charge in [-0.25, -0.2) is 4.99 Å². The molecular weight excluding hydrogens is 483 g/mol. The van der Waals surface area contributed by atoms with Gasteiger partial charge in [0.15, 0.2) is 17.5 Å². The lowest BCUT2D eigenvalue weighted by molar-refractivity contribution is 0.00752. The van der Waals surface area contributed by atoms with Gasteiger partial charge >= 0.3 is 0 Å². The minimum absolute atomic E-state index is 0. The molecule has 0 radical (unpaired) electrons. The third-order valence-electron chi connectivity index (χ3n) is 5.00. The van der Waals surface area contributed by atoms with E-state index in [4.69, 9.17) is 19.2 Å². The molecule has 0 amide bonds. The Balaban J connectivity index is 0.00000420. The van der Waals surface area contributed by atoms with E-state index in [2.05, 4.69) is 36.3 Å². The summed E-state index contributed by atoms with van der Waals surface area (Å²) >= 11 is 0. The van der Waals surface area contributed by atoms with Gasteiger partial charge in [-0.2, -0.15) is 0 Å². The van der Waals surface area contributed by atoms with Gasteiger partial charge in [0, 0.05) is 37.8 Å². The van der Waals surface area contributed by atoms with E-state index in [0.29, 0.717) is 18.5 Å². The number of benzene rings is 1. The van der Waals surface area contributed by atoms with Crippen LogP contribution in [0.15, 0.2) is 23.2 Å². The van der Waals surface area contributed by atoms with Gasteiger partial charge in [-0.3, -0.25) is 4.90 Å². The van der Waals surface area contributed by atoms with E-state index in [0.717, 1.165) is 62.4 Å². The molecule has 0 aliphatic carbocycles. The fourth-order valence-corrected chi connectivity index (χ4v) is 3.48. The summed E-state index contributed by atoms with van der Waals surface area (Å²) in [6.45, 7) is 12.4. The topological polar surface area (TPSA) is 67.4 Å². The Morgan fingerprint density at radius 2 is 1.90 bits per heavy atom. The largest absolute Gasteiger partial charge is 0.493 e. The zero-order valence-corrected chi connectivity index (χ0v) is 20.7. The Morgan fingerprint density at radius 1 is 1.17 bits per heavy atom. The van der Waals surface area contributed by atoms with E-state index in [-0.39, 0.29) is 24.0 Å². The molecule has 1 fully saturated rings. The van der Waals surface area contributed by atoms with Crippen LogP contribution in [0.1, 0.15) is 26.3 Å². The molecule has 1 atom stereocenters. The van der Waals surface area contributed by atoms with Gasteiger partial charge in [-0.05, 0) is 18.9 Å². The van der Waals surface area contributed by atoms with Gasteiger partial charge in [0.1, 0.15) is 0 Å². The number of morpholine rings is 1. The molecule has 2 N–H and O–H groups in total. The average Bonchev–Trinajstić information content (AvgIpc) is 2.72. The molecule has 1 aliphatic heterocycles. The van der Waals surface area contributed by atoms with Crippen molar-refractivity contribution in [3.63, 3.8) is 0 Å². The van der Waals surface area contributed by atoms with E-state index in [1.807, 2.05) is 18.2 Å². The smallest absolute Gasteiger partial charge is 0.191 e. The van der Waals surface area contributed by atoms with Crippen molar-refractivity contribution in [2.24, 2.45) is 10.9 Å². The number of hydrogen-bond acceptors (Lipinski definition) is 5. The third-order valence-corrected chi connectivity index (χ3v) is 5.00. The van der Waals surface area contributed by atoms with Crippen molar-refractivity contribution < 1.29 is 14.2 Å². The molecule has 1 saturated heterocycles. The van der Waals surface area contributed by atoms with Gasteiger partial charge in [0.2, 0.25) is 0 Å². The second kappa shape index (κ2) is 13.9. The van der Waals surface area contributed by atoms with E-state index >= 15 is 0 Å². The highest BCUT2D eigenvalue weighted by Crippen LogP contribution is 2.31. The monoisotopic (exact) mass is 520 g/mol. The van der Waals surface area contributed by atoms with Crippen molar-refractivity contribution in [3.8, 4) is 11.5 Å². The van der Waals surface area contributed by atoms with Crippen LogP contribution in [-0.4, -0.2) is 70.5 Å². The predicted octanol–water partition coefficient (Wildman–Crippen LogP) is 2.73. The van der Waals surface area contributed by atoms with E-state index in [1.54, 1.807) is 14.2 Å². The highest BCUT2D eigenvalue weighted by molar-refractivity contribution is 14.0. The predicted molar refractivity (Wildman–Crippen MR) is 129 cm³/mol. The standard InChI is InChI=1S/C21H36N4O3.HI/c1-6-22-21(23-14-17-8-7-9-19(26-4)20(17)27-5)24-15-18(16(2)3)25-10-12-28-13-11-25;/h7-9,16,18H,6,10-15H2,1-5H3,(H2,22,23,24);1H. The molecule has 0 aromatic heterocycles. The molecule has 7 nitrogen and oxygen atoms in total. The maximum atomic E-state index is 5.52. The fourth-order valence-electron chi connectivity index (χ4n) is 3.48. The third kappa shape index (κ3) is 7.82. The highest BCUT2D eigenvalue weighted by Gasteiger charge is 2.23. The van der Waals surface area contributed by atoms with Crippen LogP contribution in [0.5, 0.6) is 11.5 Å². The minimum Gasteiger partial charge on any atom is -0.493 e. The van der Waals surface area contributed by atoms with Gasteiger partial charge in [0.05, 0.1) is 34.0 Å². The first-order chi connectivity index (χ1) is 13.6. The lowest BCUT2D eigenvalue weighted by Gasteiger charge is -2.37. The summed E-state index contributed by atoms with van der Waals surface area (Å²) in [5.74, 6) is 2.82. The molecule has 0 bridgehead atoms. The van der Waals surface area contributed by atoms with Crippen molar-refractivity contribution in [1.82, 2.24) is 15.5 Å². The lowest BCUT2D eigenvalue weighted by atomic mass is 10.0. The zero-order valence-electron chi connectivity index (χ0n) is 18.4. The first-order valence-electron chi connectivity index (χ1n) is 10.1. The van der Waals surface area contributed by atoms with Crippen molar-refractivity contribution in [2.75, 3.05) is 53.6 Å². The van der Waals surface area contributed by atoms with Gasteiger partial charge in [-0.15, -0.1) is 24.0 Å². The number of para-hydroxylation sites is 1. The van der Waals surface area contributed by atoms with Crippen LogP contribution in [0, 0.1) is 5.92 Å². The maximum absolute atomic E-state index is 5.52. The number of nitrogens with one attached hydrogen (secondary N) is 2. The second-order valence-corrected chi connectivity index (χ2v) is 7.19. The summed E-state index contributed by atoms with van der Waals surface area (Å²) in [7, 11) is 3.30. The van der Waals surface area contributed by atoms with Crippen LogP contribution < -0.4 is 20.1 Å². The Kier molecular flexibility index (Phi) is 12.3. The van der Waals surface area contributed by atoms with Crippen LogP contribution in [-0.2, 0) is 11.3 Å². The van der Waals surface area contributed by atoms with Crippen molar-refractivity contribution >= 4 is 29.9 Å². The molecular formula is C21H37IN4O3. The number of guanidine groups is 1. The Labute approximate surface area is 192 Å². The maximum Gasteiger partial charge on any atom is 0.191 e. The molecule has 0 saturated carbocycles. The SMILES string of the molecule is CCNC(=NCc1cccc(OC)c1OC)NCC(C(C)C)N1CCOCC1.I. The molecule has 1 aliphatic rings. The summed E-state index contributed by atoms with van der Waals surface area (Å²) < 4.78 is 16.4. The highest BCUT2D eigenvalue weighted by atomic mass is 127. The number of hydrogen-bond donors (Lipinski definition) is 2. The summed E-state index contributed by atoms with van der Waals surface area (Å²) in [4.78, 5) is 7.27. The number of methoxy groups -OCH3 is 2. The minimum atomic E-state index is 0. The molecule has 0 spiro atoms. The normalized spacial score (nSPS) is 16.1. The molecule has 166 valence electrons. The summed E-state index contributed by atoms with van der Waals surface area (Å²) in [5, 5.41) is 6.86. The molecule has 1 heterocycles. The van der Waals surface area contributed by atoms with Gasteiger partial charge in [-0.1, -0.05) is 26.0 Å². The Bertz CT molecular complexity index is 622. The number of aliphatic imine (C=N–C) groups is 1. The quantitative estimate of drug-likeness (QED) is 0.297. The average molecular weight is 520 g/mol. The number of halogens is 1. The first kappa shape index (κ1) is 25.8. The molecule has 1 unspecified atom stereocenters. The zero-order chi connectivity index (χ0) is 20.4. The number of rotatable bonds is 9. The second-order valence-electron chi connectivity index (χ2n) is 7.19. The van der Waals surface area contributed by atoms with Crippen LogP contribution in [0.3, 0.4) is 0 Å². The van der Waals surface area contributed by atoms with E-state index in [9.17, 15) is 0 Å². The van der Waals surface area contributed by atoms with Crippen LogP contribution in [0.4, 0.5) is 0 Å². The van der Waals surface area contributed by atoms with E-state index in [1.165, 1.54) is 0 Å². The number of nitrogens with zero attached hydrogens (tertiary/aromatic N) is 2.